The topological polar surface area (TPSA) is 3.24 Å². The molecule has 0 bridgehead atoms. The molecule has 0 aromatic carbocycles. The molecule has 98 valence electrons. The molecule has 0 rings (SSSR count). The fourth-order valence-corrected chi connectivity index (χ4v) is 1.73. The Bertz CT molecular complexity index is 257. The summed E-state index contributed by atoms with van der Waals surface area (Å²) in [6.45, 7) is 15.8. The minimum atomic E-state index is 0.992. The Morgan fingerprint density at radius 2 is 1.82 bits per heavy atom. The molecule has 0 fully saturated rings. The molecule has 0 aromatic rings. The van der Waals surface area contributed by atoms with E-state index in [2.05, 4.69) is 51.3 Å². The molecule has 0 aliphatic carbocycles. The summed E-state index contributed by atoms with van der Waals surface area (Å²) in [5, 5.41) is 0. The highest BCUT2D eigenvalue weighted by Crippen LogP contribution is 2.07. The largest absolute Gasteiger partial charge is 0.296 e. The summed E-state index contributed by atoms with van der Waals surface area (Å²) in [7, 11) is 0. The van der Waals surface area contributed by atoms with Crippen LogP contribution < -0.4 is 0 Å². The number of nitrogens with zero attached hydrogens (tertiary/aromatic N) is 1. The van der Waals surface area contributed by atoms with Gasteiger partial charge in [-0.3, -0.25) is 4.90 Å². The maximum atomic E-state index is 3.81. The van der Waals surface area contributed by atoms with Crippen LogP contribution in [0.5, 0.6) is 0 Å². The Kier molecular flexibility index (Phi) is 9.84. The first kappa shape index (κ1) is 16.2. The van der Waals surface area contributed by atoms with E-state index in [0.717, 1.165) is 19.6 Å². The highest BCUT2D eigenvalue weighted by atomic mass is 15.1. The van der Waals surface area contributed by atoms with Gasteiger partial charge in [-0.15, -0.1) is 6.58 Å². The first-order valence-corrected chi connectivity index (χ1v) is 6.72. The molecule has 0 aromatic heterocycles. The van der Waals surface area contributed by atoms with Crippen molar-refractivity contribution in [1.82, 2.24) is 4.90 Å². The smallest absolute Gasteiger partial charge is 0.0169 e. The van der Waals surface area contributed by atoms with Crippen LogP contribution in [0.15, 0.2) is 36.0 Å². The van der Waals surface area contributed by atoms with Crippen LogP contribution in [0.3, 0.4) is 0 Å². The van der Waals surface area contributed by atoms with Crippen LogP contribution in [0.1, 0.15) is 47.0 Å². The molecule has 1 heteroatoms. The van der Waals surface area contributed by atoms with Crippen LogP contribution in [-0.2, 0) is 0 Å². The van der Waals surface area contributed by atoms with Crippen LogP contribution in [-0.4, -0.2) is 24.5 Å². The molecule has 0 saturated heterocycles. The van der Waals surface area contributed by atoms with Crippen molar-refractivity contribution in [3.63, 3.8) is 0 Å². The van der Waals surface area contributed by atoms with Crippen molar-refractivity contribution in [2.24, 2.45) is 0 Å². The van der Waals surface area contributed by atoms with E-state index in [1.807, 2.05) is 6.08 Å². The zero-order chi connectivity index (χ0) is 13.1. The molecule has 0 radical (unpaired) electrons. The molecular formula is C16H29N. The predicted octanol–water partition coefficient (Wildman–Crippen LogP) is 4.58. The SMILES string of the molecule is C=CCN(C/C=C(\C)CCC=C(C)C)CCC. The van der Waals surface area contributed by atoms with Crippen LogP contribution >= 0.6 is 0 Å². The van der Waals surface area contributed by atoms with Crippen molar-refractivity contribution >= 4 is 0 Å². The van der Waals surface area contributed by atoms with E-state index in [-0.39, 0.29) is 0 Å². The fourth-order valence-electron chi connectivity index (χ4n) is 1.73. The van der Waals surface area contributed by atoms with Gasteiger partial charge < -0.3 is 0 Å². The number of rotatable bonds is 9. The molecule has 1 nitrogen and oxygen atoms in total. The second kappa shape index (κ2) is 10.3. The van der Waals surface area contributed by atoms with Gasteiger partial charge in [0.15, 0.2) is 0 Å². The van der Waals surface area contributed by atoms with Crippen molar-refractivity contribution in [3.05, 3.63) is 36.0 Å². The molecule has 0 unspecified atom stereocenters. The standard InChI is InChI=1S/C16H29N/c1-6-12-17(13-7-2)14-11-16(5)10-8-9-15(3)4/h6,9,11H,1,7-8,10,12-14H2,2-5H3/b16-11+. The third kappa shape index (κ3) is 10.1. The number of allylic oxidation sites excluding steroid dienone is 3. The predicted molar refractivity (Wildman–Crippen MR) is 79.4 cm³/mol. The van der Waals surface area contributed by atoms with Crippen molar-refractivity contribution < 1.29 is 0 Å². The van der Waals surface area contributed by atoms with Crippen LogP contribution in [0, 0.1) is 0 Å². The van der Waals surface area contributed by atoms with Crippen molar-refractivity contribution in [1.29, 1.82) is 0 Å². The van der Waals surface area contributed by atoms with Gasteiger partial charge in [0.2, 0.25) is 0 Å². The lowest BCUT2D eigenvalue weighted by atomic mass is 10.1. The molecule has 0 saturated carbocycles. The Hall–Kier alpha value is -0.820. The minimum Gasteiger partial charge on any atom is -0.296 e. The van der Waals surface area contributed by atoms with Gasteiger partial charge in [-0.25, -0.2) is 0 Å². The van der Waals surface area contributed by atoms with Gasteiger partial charge in [0.05, 0.1) is 0 Å². The first-order chi connectivity index (χ1) is 8.10. The Morgan fingerprint density at radius 1 is 1.12 bits per heavy atom. The average molecular weight is 235 g/mol. The van der Waals surface area contributed by atoms with Gasteiger partial charge in [-0.1, -0.05) is 36.3 Å². The highest BCUT2D eigenvalue weighted by molar-refractivity contribution is 5.03. The third-order valence-corrected chi connectivity index (χ3v) is 2.72. The van der Waals surface area contributed by atoms with E-state index in [1.54, 1.807) is 0 Å². The maximum absolute atomic E-state index is 3.81. The Labute approximate surface area is 108 Å². The zero-order valence-corrected chi connectivity index (χ0v) is 12.1. The molecule has 0 N–H and O–H groups in total. The van der Waals surface area contributed by atoms with E-state index in [9.17, 15) is 0 Å². The monoisotopic (exact) mass is 235 g/mol. The lowest BCUT2D eigenvalue weighted by Crippen LogP contribution is -2.24. The van der Waals surface area contributed by atoms with Crippen molar-refractivity contribution in [2.45, 2.75) is 47.0 Å². The minimum absolute atomic E-state index is 0.992. The molecule has 0 aliphatic heterocycles. The second-order valence-corrected chi connectivity index (χ2v) is 4.92. The molecule has 0 amide bonds. The van der Waals surface area contributed by atoms with E-state index in [1.165, 1.54) is 30.4 Å². The van der Waals surface area contributed by atoms with E-state index < -0.39 is 0 Å². The first-order valence-electron chi connectivity index (χ1n) is 6.72. The molecular weight excluding hydrogens is 206 g/mol. The molecule has 17 heavy (non-hydrogen) atoms. The summed E-state index contributed by atoms with van der Waals surface area (Å²) in [5.74, 6) is 0. The van der Waals surface area contributed by atoms with Gasteiger partial charge >= 0.3 is 0 Å². The highest BCUT2D eigenvalue weighted by Gasteiger charge is 1.98. The van der Waals surface area contributed by atoms with Crippen molar-refractivity contribution in [3.8, 4) is 0 Å². The third-order valence-electron chi connectivity index (χ3n) is 2.72. The van der Waals surface area contributed by atoms with E-state index in [4.69, 9.17) is 0 Å². The van der Waals surface area contributed by atoms with Crippen LogP contribution in [0.4, 0.5) is 0 Å². The summed E-state index contributed by atoms with van der Waals surface area (Å²) in [4.78, 5) is 2.43. The molecule has 0 atom stereocenters. The number of hydrogen-bond acceptors (Lipinski definition) is 1. The fraction of sp³-hybridized carbons (Fsp3) is 0.625. The zero-order valence-electron chi connectivity index (χ0n) is 12.1. The quantitative estimate of drug-likeness (QED) is 0.529. The summed E-state index contributed by atoms with van der Waals surface area (Å²) in [6.07, 6.45) is 10.2. The van der Waals surface area contributed by atoms with Gasteiger partial charge in [-0.2, -0.15) is 0 Å². The van der Waals surface area contributed by atoms with Gasteiger partial charge in [-0.05, 0) is 46.6 Å². The van der Waals surface area contributed by atoms with Gasteiger partial charge in [0.25, 0.3) is 0 Å². The van der Waals surface area contributed by atoms with Gasteiger partial charge in [0.1, 0.15) is 0 Å². The van der Waals surface area contributed by atoms with Crippen LogP contribution in [0.2, 0.25) is 0 Å². The normalized spacial score (nSPS) is 11.7. The maximum Gasteiger partial charge on any atom is 0.0169 e. The van der Waals surface area contributed by atoms with Crippen LogP contribution in [0.25, 0.3) is 0 Å². The lowest BCUT2D eigenvalue weighted by molar-refractivity contribution is 0.335. The average Bonchev–Trinajstić information content (AvgIpc) is 2.26. The Morgan fingerprint density at radius 3 is 2.35 bits per heavy atom. The Balaban J connectivity index is 4.00. The number of hydrogen-bond donors (Lipinski definition) is 0. The second-order valence-electron chi connectivity index (χ2n) is 4.92. The van der Waals surface area contributed by atoms with Gasteiger partial charge in [0, 0.05) is 13.1 Å². The summed E-state index contributed by atoms with van der Waals surface area (Å²) < 4.78 is 0. The molecule has 0 spiro atoms. The summed E-state index contributed by atoms with van der Waals surface area (Å²) in [5.41, 5.74) is 2.91. The summed E-state index contributed by atoms with van der Waals surface area (Å²) >= 11 is 0. The van der Waals surface area contributed by atoms with E-state index in [0.29, 0.717) is 0 Å². The van der Waals surface area contributed by atoms with Crippen molar-refractivity contribution in [2.75, 3.05) is 19.6 Å². The lowest BCUT2D eigenvalue weighted by Gasteiger charge is -2.18. The molecule has 0 heterocycles. The molecule has 0 aliphatic rings. The van der Waals surface area contributed by atoms with E-state index >= 15 is 0 Å². The summed E-state index contributed by atoms with van der Waals surface area (Å²) in [6, 6.07) is 0.